The van der Waals surface area contributed by atoms with E-state index in [1.807, 2.05) is 26.1 Å². The normalized spacial score (nSPS) is 10.5. The van der Waals surface area contributed by atoms with E-state index in [1.54, 1.807) is 16.9 Å². The van der Waals surface area contributed by atoms with E-state index in [0.29, 0.717) is 11.3 Å². The topological polar surface area (TPSA) is 64.4 Å². The Bertz CT molecular complexity index is 598. The van der Waals surface area contributed by atoms with Gasteiger partial charge in [0.05, 0.1) is 25.4 Å². The zero-order chi connectivity index (χ0) is 14.0. The number of methoxy groups -OCH3 is 1. The zero-order valence-electron chi connectivity index (χ0n) is 11.2. The van der Waals surface area contributed by atoms with Crippen molar-refractivity contribution < 1.29 is 14.6 Å². The van der Waals surface area contributed by atoms with Crippen LogP contribution in [0.1, 0.15) is 11.1 Å². The molecule has 19 heavy (non-hydrogen) atoms. The van der Waals surface area contributed by atoms with Crippen LogP contribution in [-0.4, -0.2) is 28.0 Å². The standard InChI is InChI=1S/C14H16N2O3/c1-9-8-15-16(2)14(9)10-4-5-12(19-3)11(6-10)7-13(17)18/h4-6,8H,7H2,1-3H3,(H,17,18). The molecule has 0 amide bonds. The molecule has 0 radical (unpaired) electrons. The summed E-state index contributed by atoms with van der Waals surface area (Å²) in [6, 6.07) is 5.55. The van der Waals surface area contributed by atoms with Gasteiger partial charge >= 0.3 is 5.97 Å². The molecule has 1 heterocycles. The lowest BCUT2D eigenvalue weighted by Gasteiger charge is -2.10. The van der Waals surface area contributed by atoms with Gasteiger partial charge in [-0.2, -0.15) is 5.10 Å². The lowest BCUT2D eigenvalue weighted by molar-refractivity contribution is -0.136. The first kappa shape index (κ1) is 13.1. The van der Waals surface area contributed by atoms with Gasteiger partial charge in [-0.05, 0) is 30.7 Å². The predicted molar refractivity (Wildman–Crippen MR) is 71.3 cm³/mol. The fourth-order valence-electron chi connectivity index (χ4n) is 2.19. The van der Waals surface area contributed by atoms with E-state index in [-0.39, 0.29) is 6.42 Å². The van der Waals surface area contributed by atoms with Crippen molar-refractivity contribution >= 4 is 5.97 Å². The van der Waals surface area contributed by atoms with Crippen molar-refractivity contribution in [1.29, 1.82) is 0 Å². The third-order valence-electron chi connectivity index (χ3n) is 3.02. The van der Waals surface area contributed by atoms with Crippen LogP contribution >= 0.6 is 0 Å². The average Bonchev–Trinajstić information content (AvgIpc) is 2.68. The minimum atomic E-state index is -0.878. The van der Waals surface area contributed by atoms with Crippen LogP contribution in [0, 0.1) is 6.92 Å². The Kier molecular flexibility index (Phi) is 3.55. The molecule has 0 saturated carbocycles. The number of hydrogen-bond donors (Lipinski definition) is 1. The number of carboxylic acid groups (broad SMARTS) is 1. The van der Waals surface area contributed by atoms with Crippen molar-refractivity contribution in [3.8, 4) is 17.0 Å². The maximum atomic E-state index is 10.9. The van der Waals surface area contributed by atoms with E-state index in [1.165, 1.54) is 7.11 Å². The number of aromatic nitrogens is 2. The fourth-order valence-corrected chi connectivity index (χ4v) is 2.19. The second-order valence-corrected chi connectivity index (χ2v) is 4.40. The summed E-state index contributed by atoms with van der Waals surface area (Å²) in [6.45, 7) is 1.98. The first-order valence-corrected chi connectivity index (χ1v) is 5.90. The van der Waals surface area contributed by atoms with Gasteiger partial charge in [0, 0.05) is 18.2 Å². The second kappa shape index (κ2) is 5.14. The van der Waals surface area contributed by atoms with Crippen LogP contribution in [0.3, 0.4) is 0 Å². The molecule has 1 N–H and O–H groups in total. The molecule has 2 aromatic rings. The average molecular weight is 260 g/mol. The van der Waals surface area contributed by atoms with Gasteiger partial charge in [-0.15, -0.1) is 0 Å². The fraction of sp³-hybridized carbons (Fsp3) is 0.286. The van der Waals surface area contributed by atoms with Gasteiger partial charge in [0.15, 0.2) is 0 Å². The third kappa shape index (κ3) is 2.59. The maximum absolute atomic E-state index is 10.9. The first-order valence-electron chi connectivity index (χ1n) is 5.90. The van der Waals surface area contributed by atoms with E-state index in [2.05, 4.69) is 5.10 Å². The molecule has 0 fully saturated rings. The highest BCUT2D eigenvalue weighted by Crippen LogP contribution is 2.28. The number of benzene rings is 1. The van der Waals surface area contributed by atoms with Crippen LogP contribution in [0.25, 0.3) is 11.3 Å². The molecular formula is C14H16N2O3. The third-order valence-corrected chi connectivity index (χ3v) is 3.02. The Morgan fingerprint density at radius 1 is 1.47 bits per heavy atom. The lowest BCUT2D eigenvalue weighted by Crippen LogP contribution is -2.03. The van der Waals surface area contributed by atoms with Crippen molar-refractivity contribution in [2.75, 3.05) is 7.11 Å². The number of hydrogen-bond acceptors (Lipinski definition) is 3. The van der Waals surface area contributed by atoms with Crippen LogP contribution < -0.4 is 4.74 Å². The summed E-state index contributed by atoms with van der Waals surface area (Å²) in [4.78, 5) is 10.9. The highest BCUT2D eigenvalue weighted by molar-refractivity contribution is 5.73. The van der Waals surface area contributed by atoms with Crippen LogP contribution in [0.4, 0.5) is 0 Å². The molecule has 0 unspecified atom stereocenters. The SMILES string of the molecule is COc1ccc(-c2c(C)cnn2C)cc1CC(=O)O. The largest absolute Gasteiger partial charge is 0.496 e. The number of ether oxygens (including phenoxy) is 1. The highest BCUT2D eigenvalue weighted by atomic mass is 16.5. The predicted octanol–water partition coefficient (Wildman–Crippen LogP) is 2.03. The molecule has 1 aromatic carbocycles. The zero-order valence-corrected chi connectivity index (χ0v) is 11.2. The highest BCUT2D eigenvalue weighted by Gasteiger charge is 2.13. The number of carboxylic acids is 1. The Morgan fingerprint density at radius 2 is 2.21 bits per heavy atom. The van der Waals surface area contributed by atoms with Crippen molar-refractivity contribution in [3.63, 3.8) is 0 Å². The number of carbonyl (C=O) groups is 1. The van der Waals surface area contributed by atoms with Gasteiger partial charge in [0.2, 0.25) is 0 Å². The Hall–Kier alpha value is -2.30. The monoisotopic (exact) mass is 260 g/mol. The summed E-state index contributed by atoms with van der Waals surface area (Å²) in [5.74, 6) is -0.289. The molecule has 5 heteroatoms. The van der Waals surface area contributed by atoms with E-state index in [0.717, 1.165) is 16.8 Å². The minimum Gasteiger partial charge on any atom is -0.496 e. The van der Waals surface area contributed by atoms with Gasteiger partial charge < -0.3 is 9.84 Å². The van der Waals surface area contributed by atoms with Crippen molar-refractivity contribution in [2.45, 2.75) is 13.3 Å². The second-order valence-electron chi connectivity index (χ2n) is 4.40. The van der Waals surface area contributed by atoms with Gasteiger partial charge in [-0.3, -0.25) is 9.48 Å². The number of nitrogens with zero attached hydrogens (tertiary/aromatic N) is 2. The Balaban J connectivity index is 2.51. The van der Waals surface area contributed by atoms with Crippen LogP contribution in [0.15, 0.2) is 24.4 Å². The van der Waals surface area contributed by atoms with Crippen LogP contribution in [0.5, 0.6) is 5.75 Å². The van der Waals surface area contributed by atoms with Gasteiger partial charge in [-0.25, -0.2) is 0 Å². The van der Waals surface area contributed by atoms with Crippen molar-refractivity contribution in [2.24, 2.45) is 7.05 Å². The molecule has 0 spiro atoms. The van der Waals surface area contributed by atoms with Gasteiger partial charge in [0.1, 0.15) is 5.75 Å². The lowest BCUT2D eigenvalue weighted by atomic mass is 10.0. The Labute approximate surface area is 111 Å². The van der Waals surface area contributed by atoms with Crippen LogP contribution in [0.2, 0.25) is 0 Å². The number of rotatable bonds is 4. The summed E-state index contributed by atoms with van der Waals surface area (Å²) in [6.07, 6.45) is 1.73. The summed E-state index contributed by atoms with van der Waals surface area (Å²) in [5.41, 5.74) is 3.63. The quantitative estimate of drug-likeness (QED) is 0.913. The minimum absolute atomic E-state index is 0.0616. The van der Waals surface area contributed by atoms with E-state index >= 15 is 0 Å². The van der Waals surface area contributed by atoms with E-state index in [4.69, 9.17) is 9.84 Å². The van der Waals surface area contributed by atoms with E-state index in [9.17, 15) is 4.79 Å². The van der Waals surface area contributed by atoms with Gasteiger partial charge in [-0.1, -0.05) is 0 Å². The summed E-state index contributed by atoms with van der Waals surface area (Å²) < 4.78 is 6.97. The summed E-state index contributed by atoms with van der Waals surface area (Å²) in [7, 11) is 3.40. The Morgan fingerprint density at radius 3 is 2.74 bits per heavy atom. The first-order chi connectivity index (χ1) is 9.02. The number of aliphatic carboxylic acids is 1. The molecular weight excluding hydrogens is 244 g/mol. The van der Waals surface area contributed by atoms with Crippen molar-refractivity contribution in [3.05, 3.63) is 35.5 Å². The molecule has 100 valence electrons. The van der Waals surface area contributed by atoms with Gasteiger partial charge in [0.25, 0.3) is 0 Å². The smallest absolute Gasteiger partial charge is 0.307 e. The molecule has 0 aliphatic heterocycles. The summed E-state index contributed by atoms with van der Waals surface area (Å²) in [5, 5.41) is 13.1. The molecule has 0 atom stereocenters. The molecule has 2 rings (SSSR count). The van der Waals surface area contributed by atoms with Crippen LogP contribution in [-0.2, 0) is 18.3 Å². The molecule has 1 aromatic heterocycles. The molecule has 0 aliphatic carbocycles. The molecule has 0 saturated heterocycles. The molecule has 0 bridgehead atoms. The molecule has 0 aliphatic rings. The number of aryl methyl sites for hydroxylation is 2. The molecule has 5 nitrogen and oxygen atoms in total. The van der Waals surface area contributed by atoms with E-state index < -0.39 is 5.97 Å². The maximum Gasteiger partial charge on any atom is 0.307 e. The summed E-state index contributed by atoms with van der Waals surface area (Å²) >= 11 is 0. The van der Waals surface area contributed by atoms with Crippen molar-refractivity contribution in [1.82, 2.24) is 9.78 Å².